The number of hydrogen-bond acceptors (Lipinski definition) is 3. The molecule has 0 heterocycles. The van der Waals surface area contributed by atoms with Crippen LogP contribution in [0.1, 0.15) is 64.7 Å². The number of rotatable bonds is 14. The van der Waals surface area contributed by atoms with E-state index in [1.807, 2.05) is 0 Å². The average Bonchev–Trinajstić information content (AvgIpc) is 2.44. The van der Waals surface area contributed by atoms with Crippen LogP contribution in [0.4, 0.5) is 0 Å². The summed E-state index contributed by atoms with van der Waals surface area (Å²) in [4.78, 5) is 2.68. The summed E-state index contributed by atoms with van der Waals surface area (Å²) in [5, 5.41) is 3.42. The van der Waals surface area contributed by atoms with Crippen LogP contribution in [-0.2, 0) is 9.47 Å². The molecule has 5 nitrogen and oxygen atoms in total. The zero-order valence-electron chi connectivity index (χ0n) is 12.5. The first-order valence-electron chi connectivity index (χ1n) is 7.50. The topological polar surface area (TPSA) is 67.2 Å². The predicted molar refractivity (Wildman–Crippen MR) is 78.0 cm³/mol. The van der Waals surface area contributed by atoms with Gasteiger partial charge in [-0.05, 0) is 18.4 Å². The molecule has 0 aliphatic rings. The summed E-state index contributed by atoms with van der Waals surface area (Å²) in [6.07, 6.45) is 11.2. The van der Waals surface area contributed by atoms with Gasteiger partial charge in [0.1, 0.15) is 0 Å². The fraction of sp³-hybridized carbons (Fsp3) is 1.00. The van der Waals surface area contributed by atoms with Crippen molar-refractivity contribution in [2.24, 2.45) is 5.11 Å². The van der Waals surface area contributed by atoms with Gasteiger partial charge in [-0.2, -0.15) is 0 Å². The van der Waals surface area contributed by atoms with Gasteiger partial charge in [0.15, 0.2) is 6.29 Å². The van der Waals surface area contributed by atoms with Crippen molar-refractivity contribution in [1.29, 1.82) is 0 Å². The molecule has 0 spiro atoms. The molecule has 0 N–H and O–H groups in total. The van der Waals surface area contributed by atoms with E-state index in [9.17, 15) is 0 Å². The minimum atomic E-state index is -0.158. The highest BCUT2D eigenvalue weighted by Crippen LogP contribution is 2.12. The van der Waals surface area contributed by atoms with Crippen molar-refractivity contribution >= 4 is 0 Å². The molecule has 0 rings (SSSR count). The highest BCUT2D eigenvalue weighted by Gasteiger charge is 2.06. The van der Waals surface area contributed by atoms with Gasteiger partial charge in [-0.15, -0.1) is 0 Å². The molecule has 0 aromatic heterocycles. The number of hydrogen-bond donors (Lipinski definition) is 0. The molecule has 0 bridgehead atoms. The number of ether oxygens (including phenoxy) is 2. The van der Waals surface area contributed by atoms with Crippen LogP contribution in [0.3, 0.4) is 0 Å². The van der Waals surface area contributed by atoms with Gasteiger partial charge in [-0.25, -0.2) is 0 Å². The van der Waals surface area contributed by atoms with Crippen LogP contribution in [-0.4, -0.2) is 26.6 Å². The van der Waals surface area contributed by atoms with Gasteiger partial charge in [0.25, 0.3) is 0 Å². The Morgan fingerprint density at radius 2 is 1.68 bits per heavy atom. The molecular formula is C14H29N3O2. The second-order valence-electron chi connectivity index (χ2n) is 4.75. The van der Waals surface area contributed by atoms with Gasteiger partial charge >= 0.3 is 0 Å². The molecule has 0 fully saturated rings. The van der Waals surface area contributed by atoms with E-state index >= 15 is 0 Å². The Morgan fingerprint density at radius 1 is 1.05 bits per heavy atom. The van der Waals surface area contributed by atoms with Crippen molar-refractivity contribution in [3.05, 3.63) is 10.4 Å². The Kier molecular flexibility index (Phi) is 14.7. The second kappa shape index (κ2) is 15.3. The van der Waals surface area contributed by atoms with Crippen LogP contribution < -0.4 is 0 Å². The number of nitrogens with zero attached hydrogens (tertiary/aromatic N) is 3. The zero-order chi connectivity index (χ0) is 14.2. The van der Waals surface area contributed by atoms with E-state index in [0.29, 0.717) is 13.2 Å². The maximum Gasteiger partial charge on any atom is 0.157 e. The molecule has 0 aliphatic heterocycles. The molecule has 5 heteroatoms. The monoisotopic (exact) mass is 271 g/mol. The highest BCUT2D eigenvalue weighted by atomic mass is 16.7. The molecule has 0 aliphatic carbocycles. The summed E-state index contributed by atoms with van der Waals surface area (Å²) in [6.45, 7) is 3.04. The zero-order valence-corrected chi connectivity index (χ0v) is 12.5. The van der Waals surface area contributed by atoms with E-state index in [0.717, 1.165) is 12.8 Å². The average molecular weight is 271 g/mol. The third-order valence-corrected chi connectivity index (χ3v) is 3.11. The van der Waals surface area contributed by atoms with Crippen LogP contribution in [0.5, 0.6) is 0 Å². The van der Waals surface area contributed by atoms with Gasteiger partial charge in [-0.1, -0.05) is 57.0 Å². The lowest BCUT2D eigenvalue weighted by Gasteiger charge is -2.15. The van der Waals surface area contributed by atoms with Crippen LogP contribution in [0.25, 0.3) is 10.4 Å². The third kappa shape index (κ3) is 13.5. The maximum atomic E-state index is 8.14. The number of methoxy groups -OCH3 is 1. The molecular weight excluding hydrogens is 242 g/mol. The Morgan fingerprint density at radius 3 is 2.26 bits per heavy atom. The first kappa shape index (κ1) is 18.2. The Labute approximate surface area is 117 Å². The molecule has 19 heavy (non-hydrogen) atoms. The molecule has 1 unspecified atom stereocenters. The Balaban J connectivity index is 3.33. The normalized spacial score (nSPS) is 12.1. The standard InChI is InChI=1S/C14H29N3O2/c1-3-4-5-6-7-8-9-10-11-14(18-2)19-13-12-16-17-15/h14H,3-13H2,1-2H3. The maximum absolute atomic E-state index is 8.14. The molecule has 112 valence electrons. The van der Waals surface area contributed by atoms with Crippen molar-refractivity contribution in [2.75, 3.05) is 20.3 Å². The minimum Gasteiger partial charge on any atom is -0.356 e. The summed E-state index contributed by atoms with van der Waals surface area (Å²) >= 11 is 0. The van der Waals surface area contributed by atoms with Gasteiger partial charge < -0.3 is 9.47 Å². The second-order valence-corrected chi connectivity index (χ2v) is 4.75. The quantitative estimate of drug-likeness (QED) is 0.149. The molecule has 0 saturated carbocycles. The van der Waals surface area contributed by atoms with E-state index < -0.39 is 0 Å². The fourth-order valence-electron chi connectivity index (χ4n) is 1.98. The first-order chi connectivity index (χ1) is 9.35. The van der Waals surface area contributed by atoms with E-state index in [2.05, 4.69) is 16.9 Å². The van der Waals surface area contributed by atoms with Gasteiger partial charge in [-0.3, -0.25) is 0 Å². The van der Waals surface area contributed by atoms with E-state index in [-0.39, 0.29) is 6.29 Å². The summed E-state index contributed by atoms with van der Waals surface area (Å²) in [5.74, 6) is 0. The molecule has 0 radical (unpaired) electrons. The van der Waals surface area contributed by atoms with Crippen molar-refractivity contribution in [3.63, 3.8) is 0 Å². The number of azide groups is 1. The molecule has 1 atom stereocenters. The molecule has 0 saturated heterocycles. The summed E-state index contributed by atoms with van der Waals surface area (Å²) < 4.78 is 10.7. The van der Waals surface area contributed by atoms with Gasteiger partial charge in [0.2, 0.25) is 0 Å². The summed E-state index contributed by atoms with van der Waals surface area (Å²) in [7, 11) is 1.66. The summed E-state index contributed by atoms with van der Waals surface area (Å²) in [5.41, 5.74) is 8.14. The Bertz CT molecular complexity index is 231. The highest BCUT2D eigenvalue weighted by molar-refractivity contribution is 4.51. The fourth-order valence-corrected chi connectivity index (χ4v) is 1.98. The minimum absolute atomic E-state index is 0.158. The van der Waals surface area contributed by atoms with Crippen LogP contribution >= 0.6 is 0 Å². The van der Waals surface area contributed by atoms with E-state index in [4.69, 9.17) is 15.0 Å². The SMILES string of the molecule is CCCCCCCCCCC(OC)OCCN=[N+]=[N-]. The van der Waals surface area contributed by atoms with Crippen molar-refractivity contribution in [3.8, 4) is 0 Å². The first-order valence-corrected chi connectivity index (χ1v) is 7.50. The Hall–Kier alpha value is -0.770. The number of unbranched alkanes of at least 4 members (excludes halogenated alkanes) is 7. The molecule has 0 aromatic carbocycles. The van der Waals surface area contributed by atoms with Crippen LogP contribution in [0.2, 0.25) is 0 Å². The van der Waals surface area contributed by atoms with Crippen molar-refractivity contribution < 1.29 is 9.47 Å². The molecule has 0 amide bonds. The smallest absolute Gasteiger partial charge is 0.157 e. The lowest BCUT2D eigenvalue weighted by atomic mass is 10.1. The van der Waals surface area contributed by atoms with Crippen molar-refractivity contribution in [2.45, 2.75) is 71.0 Å². The van der Waals surface area contributed by atoms with Crippen molar-refractivity contribution in [1.82, 2.24) is 0 Å². The lowest BCUT2D eigenvalue weighted by Crippen LogP contribution is -2.17. The van der Waals surface area contributed by atoms with Crippen LogP contribution in [0, 0.1) is 0 Å². The lowest BCUT2D eigenvalue weighted by molar-refractivity contribution is -0.125. The third-order valence-electron chi connectivity index (χ3n) is 3.11. The molecule has 0 aromatic rings. The van der Waals surface area contributed by atoms with E-state index in [1.54, 1.807) is 7.11 Å². The van der Waals surface area contributed by atoms with Gasteiger partial charge in [0, 0.05) is 18.6 Å². The largest absolute Gasteiger partial charge is 0.356 e. The summed E-state index contributed by atoms with van der Waals surface area (Å²) in [6, 6.07) is 0. The van der Waals surface area contributed by atoms with Crippen LogP contribution in [0.15, 0.2) is 5.11 Å². The van der Waals surface area contributed by atoms with Gasteiger partial charge in [0.05, 0.1) is 6.61 Å². The predicted octanol–water partition coefficient (Wildman–Crippen LogP) is 4.82. The van der Waals surface area contributed by atoms with E-state index in [1.165, 1.54) is 44.9 Å².